The number of piperazine rings is 1. The lowest BCUT2D eigenvalue weighted by atomic mass is 9.89. The number of hydrogen-bond acceptors (Lipinski definition) is 4. The molecule has 0 saturated carbocycles. The predicted octanol–water partition coefficient (Wildman–Crippen LogP) is 1.69. The Kier molecular flexibility index (Phi) is 5.58. The average Bonchev–Trinajstić information content (AvgIpc) is 2.61. The van der Waals surface area contributed by atoms with Crippen LogP contribution in [0.5, 0.6) is 0 Å². The number of amides is 2. The number of hydrogen-bond donors (Lipinski definition) is 1. The molecule has 0 aliphatic carbocycles. The minimum atomic E-state index is -1.16. The molecule has 0 aromatic heterocycles. The second-order valence-corrected chi connectivity index (χ2v) is 6.50. The van der Waals surface area contributed by atoms with Crippen LogP contribution in [0.15, 0.2) is 24.3 Å². The van der Waals surface area contributed by atoms with Crippen LogP contribution in [0.2, 0.25) is 0 Å². The molecule has 0 spiro atoms. The van der Waals surface area contributed by atoms with E-state index in [0.29, 0.717) is 24.3 Å². The highest BCUT2D eigenvalue weighted by atomic mass is 16.2. The van der Waals surface area contributed by atoms with Gasteiger partial charge >= 0.3 is 0 Å². The molecule has 1 aromatic rings. The van der Waals surface area contributed by atoms with Gasteiger partial charge in [-0.15, -0.1) is 0 Å². The number of nitrogens with one attached hydrogen (secondary N) is 1. The third kappa shape index (κ3) is 3.92. The molecule has 6 heteroatoms. The highest BCUT2D eigenvalue weighted by Gasteiger charge is 2.40. The average molecular weight is 328 g/mol. The Morgan fingerprint density at radius 3 is 2.50 bits per heavy atom. The first-order valence-corrected chi connectivity index (χ1v) is 8.22. The van der Waals surface area contributed by atoms with Gasteiger partial charge in [0, 0.05) is 31.9 Å². The monoisotopic (exact) mass is 328 g/mol. The van der Waals surface area contributed by atoms with Gasteiger partial charge in [-0.1, -0.05) is 13.0 Å². The number of nitrogens with zero attached hydrogens (tertiary/aromatic N) is 3. The molecule has 1 saturated heterocycles. The van der Waals surface area contributed by atoms with Gasteiger partial charge in [0.05, 0.1) is 11.6 Å². The van der Waals surface area contributed by atoms with Crippen molar-refractivity contribution in [3.63, 3.8) is 0 Å². The molecule has 1 aromatic carbocycles. The second kappa shape index (κ2) is 7.45. The predicted molar refractivity (Wildman–Crippen MR) is 92.3 cm³/mol. The van der Waals surface area contributed by atoms with Crippen LogP contribution in [0.4, 0.5) is 5.69 Å². The lowest BCUT2D eigenvalue weighted by molar-refractivity contribution is -0.147. The summed E-state index contributed by atoms with van der Waals surface area (Å²) in [5.74, 6) is -0.521. The second-order valence-electron chi connectivity index (χ2n) is 6.50. The summed E-state index contributed by atoms with van der Waals surface area (Å²) in [6.07, 6.45) is 0. The van der Waals surface area contributed by atoms with Gasteiger partial charge in [0.1, 0.15) is 5.41 Å². The van der Waals surface area contributed by atoms with Crippen LogP contribution < -0.4 is 5.32 Å². The van der Waals surface area contributed by atoms with Gasteiger partial charge in [0.25, 0.3) is 0 Å². The van der Waals surface area contributed by atoms with Crippen LogP contribution in [0.1, 0.15) is 26.3 Å². The van der Waals surface area contributed by atoms with Crippen molar-refractivity contribution in [2.75, 3.05) is 38.0 Å². The van der Waals surface area contributed by atoms with Gasteiger partial charge in [0.15, 0.2) is 0 Å². The summed E-state index contributed by atoms with van der Waals surface area (Å²) < 4.78 is 0. The fourth-order valence-corrected chi connectivity index (χ4v) is 2.71. The molecule has 1 heterocycles. The van der Waals surface area contributed by atoms with Crippen LogP contribution in [0.3, 0.4) is 0 Å². The van der Waals surface area contributed by atoms with Crippen LogP contribution >= 0.6 is 0 Å². The Morgan fingerprint density at radius 1 is 1.25 bits per heavy atom. The number of benzene rings is 1. The van der Waals surface area contributed by atoms with Crippen molar-refractivity contribution >= 4 is 17.5 Å². The maximum absolute atomic E-state index is 12.8. The van der Waals surface area contributed by atoms with E-state index in [9.17, 15) is 9.59 Å². The summed E-state index contributed by atoms with van der Waals surface area (Å²) >= 11 is 0. The Labute approximate surface area is 143 Å². The van der Waals surface area contributed by atoms with E-state index in [1.54, 1.807) is 43.0 Å². The summed E-state index contributed by atoms with van der Waals surface area (Å²) in [5, 5.41) is 11.7. The molecule has 128 valence electrons. The zero-order valence-electron chi connectivity index (χ0n) is 14.5. The van der Waals surface area contributed by atoms with Crippen LogP contribution in [0.25, 0.3) is 0 Å². The van der Waals surface area contributed by atoms with Gasteiger partial charge in [-0.2, -0.15) is 5.26 Å². The van der Waals surface area contributed by atoms with Gasteiger partial charge in [-0.25, -0.2) is 0 Å². The van der Waals surface area contributed by atoms with E-state index in [1.165, 1.54) is 0 Å². The number of likely N-dealkylation sites (N-methyl/N-ethyl adjacent to an activating group) is 1. The summed E-state index contributed by atoms with van der Waals surface area (Å²) in [6, 6.07) is 8.70. The standard InChI is InChI=1S/C18H24N4O2/c1-4-21-8-10-22(11-9-21)17(24)18(2,3)16(23)20-15-7-5-6-14(12-15)13-19/h5-7,12H,4,8-11H2,1-3H3,(H,20,23). The van der Waals surface area contributed by atoms with Gasteiger partial charge < -0.3 is 15.1 Å². The van der Waals surface area contributed by atoms with E-state index < -0.39 is 5.41 Å². The minimum Gasteiger partial charge on any atom is -0.339 e. The normalized spacial score (nSPS) is 15.7. The molecular formula is C18H24N4O2. The molecular weight excluding hydrogens is 304 g/mol. The first-order valence-electron chi connectivity index (χ1n) is 8.22. The zero-order chi connectivity index (χ0) is 17.7. The topological polar surface area (TPSA) is 76.4 Å². The lowest BCUT2D eigenvalue weighted by Crippen LogP contribution is -2.54. The molecule has 2 rings (SSSR count). The molecule has 0 radical (unpaired) electrons. The van der Waals surface area contributed by atoms with Crippen molar-refractivity contribution in [2.24, 2.45) is 5.41 Å². The molecule has 2 amide bonds. The van der Waals surface area contributed by atoms with Crippen LogP contribution in [-0.2, 0) is 9.59 Å². The van der Waals surface area contributed by atoms with Crippen molar-refractivity contribution in [2.45, 2.75) is 20.8 Å². The van der Waals surface area contributed by atoms with Crippen LogP contribution in [0, 0.1) is 16.7 Å². The van der Waals surface area contributed by atoms with Gasteiger partial charge in [-0.05, 0) is 38.6 Å². The molecule has 1 fully saturated rings. The molecule has 1 aliphatic rings. The SMILES string of the molecule is CCN1CCN(C(=O)C(C)(C)C(=O)Nc2cccc(C#N)c2)CC1. The van der Waals surface area contributed by atoms with E-state index in [-0.39, 0.29) is 11.8 Å². The number of carbonyl (C=O) groups excluding carboxylic acids is 2. The summed E-state index contributed by atoms with van der Waals surface area (Å²) in [7, 11) is 0. The van der Waals surface area contributed by atoms with Crippen LogP contribution in [-0.4, -0.2) is 54.3 Å². The summed E-state index contributed by atoms with van der Waals surface area (Å²) in [4.78, 5) is 29.4. The molecule has 0 atom stereocenters. The van der Waals surface area contributed by atoms with Crippen molar-refractivity contribution < 1.29 is 9.59 Å². The smallest absolute Gasteiger partial charge is 0.239 e. The van der Waals surface area contributed by atoms with Gasteiger partial charge in [-0.3, -0.25) is 9.59 Å². The van der Waals surface area contributed by atoms with Gasteiger partial charge in [0.2, 0.25) is 11.8 Å². The fourth-order valence-electron chi connectivity index (χ4n) is 2.71. The third-order valence-corrected chi connectivity index (χ3v) is 4.46. The van der Waals surface area contributed by atoms with Crippen molar-refractivity contribution in [1.82, 2.24) is 9.80 Å². The molecule has 1 N–H and O–H groups in total. The number of anilines is 1. The van der Waals surface area contributed by atoms with Crippen molar-refractivity contribution in [3.8, 4) is 6.07 Å². The Hall–Kier alpha value is -2.39. The fraction of sp³-hybridized carbons (Fsp3) is 0.500. The number of carbonyl (C=O) groups is 2. The molecule has 24 heavy (non-hydrogen) atoms. The maximum atomic E-state index is 12.8. The third-order valence-electron chi connectivity index (χ3n) is 4.46. The number of rotatable bonds is 4. The first kappa shape index (κ1) is 18.0. The minimum absolute atomic E-state index is 0.160. The Morgan fingerprint density at radius 2 is 1.92 bits per heavy atom. The van der Waals surface area contributed by atoms with Crippen molar-refractivity contribution in [3.05, 3.63) is 29.8 Å². The highest BCUT2D eigenvalue weighted by molar-refractivity contribution is 6.09. The van der Waals surface area contributed by atoms with E-state index in [1.807, 2.05) is 6.07 Å². The highest BCUT2D eigenvalue weighted by Crippen LogP contribution is 2.23. The number of nitriles is 1. The maximum Gasteiger partial charge on any atom is 0.239 e. The Bertz CT molecular complexity index is 655. The van der Waals surface area contributed by atoms with E-state index >= 15 is 0 Å². The first-order chi connectivity index (χ1) is 11.4. The molecule has 0 bridgehead atoms. The van der Waals surface area contributed by atoms with Crippen molar-refractivity contribution in [1.29, 1.82) is 5.26 Å². The Balaban J connectivity index is 2.04. The lowest BCUT2D eigenvalue weighted by Gasteiger charge is -2.37. The summed E-state index contributed by atoms with van der Waals surface area (Å²) in [6.45, 7) is 9.33. The van der Waals surface area contributed by atoms with E-state index in [4.69, 9.17) is 5.26 Å². The molecule has 6 nitrogen and oxygen atoms in total. The summed E-state index contributed by atoms with van der Waals surface area (Å²) in [5.41, 5.74) is -0.167. The van der Waals surface area contributed by atoms with E-state index in [0.717, 1.165) is 19.6 Å². The zero-order valence-corrected chi connectivity index (χ0v) is 14.5. The largest absolute Gasteiger partial charge is 0.339 e. The molecule has 1 aliphatic heterocycles. The van der Waals surface area contributed by atoms with E-state index in [2.05, 4.69) is 17.1 Å². The quantitative estimate of drug-likeness (QED) is 0.853. The molecule has 0 unspecified atom stereocenters.